The molecule has 1 nitrogen and oxygen atoms in total. The summed E-state index contributed by atoms with van der Waals surface area (Å²) in [5, 5.41) is 0. The Balaban J connectivity index is 2.54. The highest BCUT2D eigenvalue weighted by molar-refractivity contribution is 5.63. The van der Waals surface area contributed by atoms with Gasteiger partial charge in [0.25, 0.3) is 0 Å². The molecule has 1 aromatic heterocycles. The first-order chi connectivity index (χ1) is 8.58. The van der Waals surface area contributed by atoms with Crippen LogP contribution in [0.1, 0.15) is 51.1 Å². The molecule has 1 heteroatoms. The molecular weight excluding hydrogens is 220 g/mol. The lowest BCUT2D eigenvalue weighted by Gasteiger charge is -2.04. The van der Waals surface area contributed by atoms with Gasteiger partial charge in [-0.05, 0) is 11.1 Å². The van der Waals surface area contributed by atoms with Gasteiger partial charge in [-0.15, -0.1) is 0 Å². The molecule has 1 aromatic carbocycles. The molecule has 94 valence electrons. The molecule has 0 amide bonds. The molecule has 0 unspecified atom stereocenters. The third-order valence-corrected chi connectivity index (χ3v) is 3.08. The van der Waals surface area contributed by atoms with Gasteiger partial charge in [-0.1, -0.05) is 58.0 Å². The lowest BCUT2D eigenvalue weighted by Crippen LogP contribution is -1.95. The Morgan fingerprint density at radius 3 is 1.67 bits per heavy atom. The summed E-state index contributed by atoms with van der Waals surface area (Å²) in [4.78, 5) is 0. The van der Waals surface area contributed by atoms with E-state index in [1.54, 1.807) is 0 Å². The highest BCUT2D eigenvalue weighted by Crippen LogP contribution is 2.28. The Morgan fingerprint density at radius 2 is 1.22 bits per heavy atom. The van der Waals surface area contributed by atoms with Gasteiger partial charge in [0.05, 0.1) is 11.8 Å². The summed E-state index contributed by atoms with van der Waals surface area (Å²) in [6.07, 6.45) is 0. The van der Waals surface area contributed by atoms with Crippen LogP contribution in [0.3, 0.4) is 0 Å². The van der Waals surface area contributed by atoms with Gasteiger partial charge in [-0.2, -0.15) is 0 Å². The zero-order valence-corrected chi connectivity index (χ0v) is 11.6. The molecule has 0 radical (unpaired) electrons. The van der Waals surface area contributed by atoms with Crippen molar-refractivity contribution in [3.8, 4) is 11.1 Å². The summed E-state index contributed by atoms with van der Waals surface area (Å²) in [7, 11) is 0. The Morgan fingerprint density at radius 1 is 0.722 bits per heavy atom. The van der Waals surface area contributed by atoms with Crippen molar-refractivity contribution in [2.45, 2.75) is 39.5 Å². The number of rotatable bonds is 3. The first kappa shape index (κ1) is 12.8. The van der Waals surface area contributed by atoms with Gasteiger partial charge in [-0.3, -0.25) is 0 Å². The minimum atomic E-state index is 0.408. The maximum Gasteiger partial charge on any atom is 0.332 e. The van der Waals surface area contributed by atoms with Gasteiger partial charge in [0.2, 0.25) is 0 Å². The molecule has 0 aliphatic rings. The maximum atomic E-state index is 5.96. The topological polar surface area (TPSA) is 11.3 Å². The van der Waals surface area contributed by atoms with Crippen LogP contribution in [0.4, 0.5) is 0 Å². The van der Waals surface area contributed by atoms with Crippen LogP contribution >= 0.6 is 0 Å². The lowest BCUT2D eigenvalue weighted by molar-refractivity contribution is 0.415. The van der Waals surface area contributed by atoms with E-state index in [4.69, 9.17) is 4.42 Å². The Kier molecular flexibility index (Phi) is 3.81. The van der Waals surface area contributed by atoms with Crippen LogP contribution in [-0.4, -0.2) is 0 Å². The average Bonchev–Trinajstić information content (AvgIpc) is 2.39. The second-order valence-electron chi connectivity index (χ2n) is 5.33. The van der Waals surface area contributed by atoms with Crippen molar-refractivity contribution >= 4 is 0 Å². The Labute approximate surface area is 109 Å². The van der Waals surface area contributed by atoms with Crippen molar-refractivity contribution in [2.75, 3.05) is 0 Å². The van der Waals surface area contributed by atoms with Crippen molar-refractivity contribution in [1.82, 2.24) is 0 Å². The van der Waals surface area contributed by atoms with E-state index in [0.717, 1.165) is 11.5 Å². The molecule has 0 N–H and O–H groups in total. The molecule has 2 rings (SSSR count). The number of hydrogen-bond acceptors (Lipinski definition) is 0. The van der Waals surface area contributed by atoms with Crippen LogP contribution < -0.4 is 0 Å². The van der Waals surface area contributed by atoms with Crippen molar-refractivity contribution in [3.05, 3.63) is 54.0 Å². The normalized spacial score (nSPS) is 11.2. The molecule has 0 atom stereocenters. The summed E-state index contributed by atoms with van der Waals surface area (Å²) < 4.78 is 5.96. The summed E-state index contributed by atoms with van der Waals surface area (Å²) in [6.45, 7) is 8.66. The monoisotopic (exact) mass is 241 g/mol. The van der Waals surface area contributed by atoms with E-state index in [9.17, 15) is 0 Å². The van der Waals surface area contributed by atoms with Gasteiger partial charge in [0, 0.05) is 12.1 Å². The van der Waals surface area contributed by atoms with Gasteiger partial charge >= 0.3 is 11.5 Å². The summed E-state index contributed by atoms with van der Waals surface area (Å²) in [5.41, 5.74) is 2.49. The van der Waals surface area contributed by atoms with E-state index in [2.05, 4.69) is 64.1 Å². The van der Waals surface area contributed by atoms with E-state index in [0.29, 0.717) is 11.8 Å². The average molecular weight is 241 g/mol. The van der Waals surface area contributed by atoms with Crippen LogP contribution in [0.5, 0.6) is 0 Å². The molecule has 0 saturated carbocycles. The van der Waals surface area contributed by atoms with Gasteiger partial charge < -0.3 is 0 Å². The van der Waals surface area contributed by atoms with E-state index in [1.807, 2.05) is 6.07 Å². The predicted molar refractivity (Wildman–Crippen MR) is 76.7 cm³/mol. The van der Waals surface area contributed by atoms with Crippen LogP contribution in [0.15, 0.2) is 46.9 Å². The Bertz CT molecular complexity index is 486. The molecule has 2 aromatic rings. The Hall–Kier alpha value is -1.63. The highest BCUT2D eigenvalue weighted by Gasteiger charge is 2.21. The fraction of sp³-hybridized carbons (Fsp3) is 0.353. The summed E-state index contributed by atoms with van der Waals surface area (Å²) >= 11 is 0. The molecule has 18 heavy (non-hydrogen) atoms. The van der Waals surface area contributed by atoms with Gasteiger partial charge in [0.1, 0.15) is 0 Å². The van der Waals surface area contributed by atoms with Crippen LogP contribution in [0, 0.1) is 0 Å². The van der Waals surface area contributed by atoms with Crippen molar-refractivity contribution < 1.29 is 4.42 Å². The van der Waals surface area contributed by atoms with Crippen molar-refractivity contribution in [2.24, 2.45) is 0 Å². The largest absolute Gasteiger partial charge is 0.332 e. The SMILES string of the molecule is CC(C)c1cc(-c2ccccc2)cc(C(C)C)[o+]1. The molecular formula is C17H21O+. The minimum Gasteiger partial charge on any atom is -0.217 e. The smallest absolute Gasteiger partial charge is 0.217 e. The lowest BCUT2D eigenvalue weighted by atomic mass is 10.0. The molecule has 0 fully saturated rings. The van der Waals surface area contributed by atoms with Crippen molar-refractivity contribution in [1.29, 1.82) is 0 Å². The standard InChI is InChI=1S/C17H21O/c1-12(2)16-10-15(11-17(18-16)13(3)4)14-8-6-5-7-9-14/h5-13H,1-4H3/q+1. The second kappa shape index (κ2) is 5.34. The summed E-state index contributed by atoms with van der Waals surface area (Å²) in [5.74, 6) is 2.93. The van der Waals surface area contributed by atoms with Crippen molar-refractivity contribution in [3.63, 3.8) is 0 Å². The molecule has 0 spiro atoms. The quantitative estimate of drug-likeness (QED) is 0.648. The first-order valence-electron chi connectivity index (χ1n) is 6.61. The second-order valence-corrected chi connectivity index (χ2v) is 5.33. The van der Waals surface area contributed by atoms with Gasteiger partial charge in [-0.25, -0.2) is 4.42 Å². The number of hydrogen-bond donors (Lipinski definition) is 0. The fourth-order valence-corrected chi connectivity index (χ4v) is 1.91. The zero-order valence-electron chi connectivity index (χ0n) is 11.6. The zero-order chi connectivity index (χ0) is 13.1. The summed E-state index contributed by atoms with van der Waals surface area (Å²) in [6, 6.07) is 14.8. The maximum absolute atomic E-state index is 5.96. The van der Waals surface area contributed by atoms with Crippen LogP contribution in [0.25, 0.3) is 11.1 Å². The molecule has 0 bridgehead atoms. The van der Waals surface area contributed by atoms with E-state index < -0.39 is 0 Å². The predicted octanol–water partition coefficient (Wildman–Crippen LogP) is 5.47. The van der Waals surface area contributed by atoms with Crippen LogP contribution in [0.2, 0.25) is 0 Å². The number of benzene rings is 1. The molecule has 0 aliphatic heterocycles. The molecule has 1 heterocycles. The molecule has 0 saturated heterocycles. The first-order valence-corrected chi connectivity index (χ1v) is 6.61. The van der Waals surface area contributed by atoms with Gasteiger partial charge in [0.15, 0.2) is 0 Å². The molecule has 0 aliphatic carbocycles. The van der Waals surface area contributed by atoms with E-state index in [1.165, 1.54) is 11.1 Å². The van der Waals surface area contributed by atoms with E-state index in [-0.39, 0.29) is 0 Å². The minimum absolute atomic E-state index is 0.408. The highest BCUT2D eigenvalue weighted by atomic mass is 16.3. The third kappa shape index (κ3) is 2.79. The van der Waals surface area contributed by atoms with E-state index >= 15 is 0 Å². The fourth-order valence-electron chi connectivity index (χ4n) is 1.91. The van der Waals surface area contributed by atoms with Crippen LogP contribution in [-0.2, 0) is 0 Å². The third-order valence-electron chi connectivity index (χ3n) is 3.08.